The van der Waals surface area contributed by atoms with Gasteiger partial charge in [0.1, 0.15) is 5.82 Å². The van der Waals surface area contributed by atoms with Crippen LogP contribution >= 0.6 is 0 Å². The van der Waals surface area contributed by atoms with Gasteiger partial charge >= 0.3 is 0 Å². The predicted molar refractivity (Wildman–Crippen MR) is 63.5 cm³/mol. The Bertz CT molecular complexity index is 487. The van der Waals surface area contributed by atoms with E-state index in [-0.39, 0.29) is 11.7 Å². The van der Waals surface area contributed by atoms with Gasteiger partial charge in [-0.1, -0.05) is 12.1 Å². The van der Waals surface area contributed by atoms with Crippen molar-refractivity contribution < 1.29 is 12.8 Å². The number of hydrogen-bond donors (Lipinski definition) is 2. The average Bonchev–Trinajstić information content (AvgIpc) is 2.29. The Morgan fingerprint density at radius 2 is 1.88 bits per heavy atom. The number of piperidine rings is 1. The van der Waals surface area contributed by atoms with Gasteiger partial charge in [0.25, 0.3) is 0 Å². The van der Waals surface area contributed by atoms with E-state index in [1.807, 2.05) is 0 Å². The Balaban J connectivity index is 2.15. The summed E-state index contributed by atoms with van der Waals surface area (Å²) in [5.74, 6) is -0.229. The summed E-state index contributed by atoms with van der Waals surface area (Å²) in [4.78, 5) is 0. The van der Waals surface area contributed by atoms with Gasteiger partial charge in [0.05, 0.1) is 5.25 Å². The van der Waals surface area contributed by atoms with Crippen LogP contribution in [0.15, 0.2) is 24.3 Å². The number of rotatable bonds is 2. The second-order valence-corrected chi connectivity index (χ2v) is 6.20. The smallest absolute Gasteiger partial charge is 0.213 e. The molecule has 1 aliphatic heterocycles. The van der Waals surface area contributed by atoms with E-state index >= 15 is 0 Å². The molecule has 0 saturated carbocycles. The molecule has 1 fully saturated rings. The molecule has 6 heteroatoms. The highest BCUT2D eigenvalue weighted by Crippen LogP contribution is 2.25. The fourth-order valence-corrected chi connectivity index (χ4v) is 2.99. The minimum Gasteiger partial charge on any atom is -0.315 e. The van der Waals surface area contributed by atoms with Crippen molar-refractivity contribution in [3.05, 3.63) is 35.6 Å². The summed E-state index contributed by atoms with van der Waals surface area (Å²) < 4.78 is 35.4. The minimum atomic E-state index is -3.51. The van der Waals surface area contributed by atoms with Crippen molar-refractivity contribution in [2.45, 2.75) is 17.6 Å². The van der Waals surface area contributed by atoms with Gasteiger partial charge < -0.3 is 5.32 Å². The second kappa shape index (κ2) is 4.72. The Morgan fingerprint density at radius 3 is 2.47 bits per heavy atom. The lowest BCUT2D eigenvalue weighted by molar-refractivity contribution is 0.451. The molecule has 2 atom stereocenters. The lowest BCUT2D eigenvalue weighted by atomic mass is 9.91. The van der Waals surface area contributed by atoms with Crippen molar-refractivity contribution in [3.8, 4) is 0 Å². The summed E-state index contributed by atoms with van der Waals surface area (Å²) in [6, 6.07) is 6.15. The zero-order valence-electron chi connectivity index (χ0n) is 9.27. The largest absolute Gasteiger partial charge is 0.315 e. The van der Waals surface area contributed by atoms with E-state index < -0.39 is 15.3 Å². The number of halogens is 1. The van der Waals surface area contributed by atoms with Crippen molar-refractivity contribution in [1.82, 2.24) is 5.32 Å². The molecule has 0 aliphatic carbocycles. The molecule has 3 N–H and O–H groups in total. The molecule has 1 aromatic carbocycles. The first-order valence-corrected chi connectivity index (χ1v) is 7.05. The quantitative estimate of drug-likeness (QED) is 0.814. The minimum absolute atomic E-state index is 0.0627. The predicted octanol–water partition coefficient (Wildman–Crippen LogP) is 0.560. The molecule has 2 rings (SSSR count). The Hall–Kier alpha value is -0.980. The molecule has 1 saturated heterocycles. The molecular formula is C11H15FN2O2S. The van der Waals surface area contributed by atoms with E-state index in [1.165, 1.54) is 12.1 Å². The molecular weight excluding hydrogens is 243 g/mol. The molecule has 0 radical (unpaired) electrons. The van der Waals surface area contributed by atoms with Crippen LogP contribution in [0.1, 0.15) is 17.9 Å². The van der Waals surface area contributed by atoms with Crippen LogP contribution in [0.2, 0.25) is 0 Å². The number of nitrogens with two attached hydrogens (primary N) is 1. The van der Waals surface area contributed by atoms with E-state index in [0.29, 0.717) is 19.5 Å². The molecule has 0 aromatic heterocycles. The molecule has 4 nitrogen and oxygen atoms in total. The Morgan fingerprint density at radius 1 is 1.24 bits per heavy atom. The lowest BCUT2D eigenvalue weighted by Crippen LogP contribution is -2.45. The number of sulfonamides is 1. The first kappa shape index (κ1) is 12.5. The Kier molecular flexibility index (Phi) is 3.46. The van der Waals surface area contributed by atoms with E-state index in [1.54, 1.807) is 12.1 Å². The standard InChI is InChI=1S/C11H15FN2O2S/c12-10-3-1-8(2-4-10)9-5-11(7-14-6-9)17(13,15)16/h1-4,9,11,14H,5-7H2,(H2,13,15,16)/t9-,11-/m0/s1. The van der Waals surface area contributed by atoms with E-state index in [2.05, 4.69) is 5.32 Å². The molecule has 0 bridgehead atoms. The normalized spacial score (nSPS) is 25.8. The maximum Gasteiger partial charge on any atom is 0.213 e. The number of nitrogens with one attached hydrogen (secondary N) is 1. The van der Waals surface area contributed by atoms with Gasteiger partial charge in [-0.3, -0.25) is 0 Å². The third-order valence-corrected chi connectivity index (χ3v) is 4.40. The first-order valence-electron chi connectivity index (χ1n) is 5.44. The second-order valence-electron chi connectivity index (χ2n) is 4.35. The van der Waals surface area contributed by atoms with Crippen molar-refractivity contribution >= 4 is 10.0 Å². The molecule has 1 heterocycles. The van der Waals surface area contributed by atoms with Gasteiger partial charge in [-0.05, 0) is 30.0 Å². The molecule has 0 amide bonds. The van der Waals surface area contributed by atoms with Crippen LogP contribution in [0.5, 0.6) is 0 Å². The van der Waals surface area contributed by atoms with Crippen molar-refractivity contribution in [2.75, 3.05) is 13.1 Å². The zero-order chi connectivity index (χ0) is 12.5. The maximum atomic E-state index is 12.8. The Labute approximate surface area is 100 Å². The van der Waals surface area contributed by atoms with Crippen molar-refractivity contribution in [2.24, 2.45) is 5.14 Å². The van der Waals surface area contributed by atoms with Crippen molar-refractivity contribution in [3.63, 3.8) is 0 Å². The van der Waals surface area contributed by atoms with Crippen LogP contribution in [-0.4, -0.2) is 26.8 Å². The third-order valence-electron chi connectivity index (χ3n) is 3.12. The van der Waals surface area contributed by atoms with Crippen LogP contribution in [0.4, 0.5) is 4.39 Å². The molecule has 1 aromatic rings. The fraction of sp³-hybridized carbons (Fsp3) is 0.455. The molecule has 0 spiro atoms. The van der Waals surface area contributed by atoms with Gasteiger partial charge in [-0.2, -0.15) is 0 Å². The number of benzene rings is 1. The van der Waals surface area contributed by atoms with Crippen LogP contribution in [0, 0.1) is 5.82 Å². The summed E-state index contributed by atoms with van der Waals surface area (Å²) in [6.07, 6.45) is 0.484. The zero-order valence-corrected chi connectivity index (χ0v) is 10.1. The number of primary sulfonamides is 1. The monoisotopic (exact) mass is 258 g/mol. The van der Waals surface area contributed by atoms with Crippen LogP contribution in [0.3, 0.4) is 0 Å². The summed E-state index contributed by atoms with van der Waals surface area (Å²) in [5.41, 5.74) is 0.937. The SMILES string of the molecule is NS(=O)(=O)[C@@H]1CNC[C@@H](c2ccc(F)cc2)C1. The van der Waals surface area contributed by atoms with Gasteiger partial charge in [-0.25, -0.2) is 17.9 Å². The topological polar surface area (TPSA) is 72.2 Å². The third kappa shape index (κ3) is 3.02. The highest BCUT2D eigenvalue weighted by Gasteiger charge is 2.29. The van der Waals surface area contributed by atoms with Crippen LogP contribution in [0.25, 0.3) is 0 Å². The van der Waals surface area contributed by atoms with Gasteiger partial charge in [0.15, 0.2) is 0 Å². The molecule has 17 heavy (non-hydrogen) atoms. The average molecular weight is 258 g/mol. The van der Waals surface area contributed by atoms with E-state index in [0.717, 1.165) is 5.56 Å². The van der Waals surface area contributed by atoms with Crippen molar-refractivity contribution in [1.29, 1.82) is 0 Å². The molecule has 1 aliphatic rings. The summed E-state index contributed by atoms with van der Waals surface area (Å²) >= 11 is 0. The summed E-state index contributed by atoms with van der Waals surface area (Å²) in [6.45, 7) is 1.08. The van der Waals surface area contributed by atoms with Crippen LogP contribution < -0.4 is 10.5 Å². The lowest BCUT2D eigenvalue weighted by Gasteiger charge is -2.28. The highest BCUT2D eigenvalue weighted by atomic mass is 32.2. The van der Waals surface area contributed by atoms with Gasteiger partial charge in [0, 0.05) is 13.1 Å². The highest BCUT2D eigenvalue weighted by molar-refractivity contribution is 7.89. The van der Waals surface area contributed by atoms with Crippen LogP contribution in [-0.2, 0) is 10.0 Å². The first-order chi connectivity index (χ1) is 7.97. The number of hydrogen-bond acceptors (Lipinski definition) is 3. The summed E-state index contributed by atoms with van der Waals surface area (Å²) in [7, 11) is -3.51. The van der Waals surface area contributed by atoms with E-state index in [4.69, 9.17) is 5.14 Å². The molecule has 94 valence electrons. The summed E-state index contributed by atoms with van der Waals surface area (Å²) in [5, 5.41) is 7.63. The van der Waals surface area contributed by atoms with E-state index in [9.17, 15) is 12.8 Å². The fourth-order valence-electron chi connectivity index (χ4n) is 2.14. The van der Waals surface area contributed by atoms with Gasteiger partial charge in [0.2, 0.25) is 10.0 Å². The van der Waals surface area contributed by atoms with Gasteiger partial charge in [-0.15, -0.1) is 0 Å². The molecule has 0 unspecified atom stereocenters. The maximum absolute atomic E-state index is 12.8.